The van der Waals surface area contributed by atoms with Crippen molar-refractivity contribution in [3.8, 4) is 0 Å². The average Bonchev–Trinajstić information content (AvgIpc) is 2.87. The first kappa shape index (κ1) is 10.7. The predicted molar refractivity (Wildman–Crippen MR) is 57.5 cm³/mol. The number of aliphatic hydroxyl groups is 1. The number of H-pyrrole nitrogens is 1. The zero-order valence-corrected chi connectivity index (χ0v) is 9.02. The number of nitrogens with zero attached hydrogens (tertiary/aromatic N) is 1. The third-order valence-electron chi connectivity index (χ3n) is 3.08. The van der Waals surface area contributed by atoms with E-state index in [0.717, 1.165) is 19.5 Å². The molecule has 1 aromatic rings. The van der Waals surface area contributed by atoms with Crippen molar-refractivity contribution in [3.05, 3.63) is 24.0 Å². The van der Waals surface area contributed by atoms with E-state index in [-0.39, 0.29) is 18.8 Å². The quantitative estimate of drug-likeness (QED) is 0.765. The normalized spacial score (nSPS) is 27.3. The highest BCUT2D eigenvalue weighted by Gasteiger charge is 2.31. The number of aromatic nitrogens is 1. The molecule has 0 aromatic carbocycles. The maximum atomic E-state index is 9.27. The Morgan fingerprint density at radius 1 is 1.67 bits per heavy atom. The SMILES string of the molecule is CO[C@@H]1C[C@@H](CO)N(Cc2cc[nH]c2)C1. The molecule has 1 saturated heterocycles. The van der Waals surface area contributed by atoms with Crippen molar-refractivity contribution in [1.29, 1.82) is 0 Å². The van der Waals surface area contributed by atoms with Gasteiger partial charge in [0, 0.05) is 38.6 Å². The molecule has 0 radical (unpaired) electrons. The molecular weight excluding hydrogens is 192 g/mol. The largest absolute Gasteiger partial charge is 0.395 e. The first-order valence-electron chi connectivity index (χ1n) is 5.33. The van der Waals surface area contributed by atoms with Crippen molar-refractivity contribution in [2.24, 2.45) is 0 Å². The van der Waals surface area contributed by atoms with Gasteiger partial charge in [0.25, 0.3) is 0 Å². The summed E-state index contributed by atoms with van der Waals surface area (Å²) in [6, 6.07) is 2.30. The molecule has 4 nitrogen and oxygen atoms in total. The first-order chi connectivity index (χ1) is 7.33. The molecule has 2 N–H and O–H groups in total. The van der Waals surface area contributed by atoms with Crippen LogP contribution in [0.15, 0.2) is 18.5 Å². The Kier molecular flexibility index (Phi) is 3.41. The highest BCUT2D eigenvalue weighted by atomic mass is 16.5. The Hall–Kier alpha value is -0.840. The number of hydrogen-bond donors (Lipinski definition) is 2. The van der Waals surface area contributed by atoms with Crippen LogP contribution < -0.4 is 0 Å². The van der Waals surface area contributed by atoms with E-state index in [2.05, 4.69) is 16.0 Å². The lowest BCUT2D eigenvalue weighted by molar-refractivity contribution is 0.107. The number of aliphatic hydroxyl groups excluding tert-OH is 1. The van der Waals surface area contributed by atoms with E-state index < -0.39 is 0 Å². The molecule has 2 rings (SSSR count). The smallest absolute Gasteiger partial charge is 0.0714 e. The third kappa shape index (κ3) is 2.40. The Bertz CT molecular complexity index is 287. The van der Waals surface area contributed by atoms with Crippen molar-refractivity contribution in [1.82, 2.24) is 9.88 Å². The average molecular weight is 210 g/mol. The molecule has 0 aliphatic carbocycles. The minimum absolute atomic E-state index is 0.213. The standard InChI is InChI=1S/C11H18N2O2/c1-15-11-4-10(8-14)13(7-11)6-9-2-3-12-5-9/h2-3,5,10-12,14H,4,6-8H2,1H3/t10-,11+/m0/s1. The summed E-state index contributed by atoms with van der Waals surface area (Å²) in [4.78, 5) is 5.32. The number of likely N-dealkylation sites (tertiary alicyclic amines) is 1. The van der Waals surface area contributed by atoms with Gasteiger partial charge in [-0.3, -0.25) is 4.90 Å². The van der Waals surface area contributed by atoms with Gasteiger partial charge in [-0.2, -0.15) is 0 Å². The second-order valence-corrected chi connectivity index (χ2v) is 4.08. The molecule has 84 valence electrons. The van der Waals surface area contributed by atoms with Gasteiger partial charge in [0.05, 0.1) is 12.7 Å². The zero-order chi connectivity index (χ0) is 10.7. The van der Waals surface area contributed by atoms with Crippen molar-refractivity contribution < 1.29 is 9.84 Å². The van der Waals surface area contributed by atoms with Crippen molar-refractivity contribution in [3.63, 3.8) is 0 Å². The van der Waals surface area contributed by atoms with E-state index >= 15 is 0 Å². The van der Waals surface area contributed by atoms with Crippen molar-refractivity contribution in [2.45, 2.75) is 25.1 Å². The molecule has 1 aliphatic heterocycles. The highest BCUT2D eigenvalue weighted by molar-refractivity contribution is 5.09. The van der Waals surface area contributed by atoms with Gasteiger partial charge in [-0.1, -0.05) is 0 Å². The van der Waals surface area contributed by atoms with Gasteiger partial charge in [-0.05, 0) is 18.1 Å². The second kappa shape index (κ2) is 4.79. The molecule has 0 bridgehead atoms. The molecule has 0 saturated carbocycles. The molecule has 4 heteroatoms. The summed E-state index contributed by atoms with van der Waals surface area (Å²) >= 11 is 0. The van der Waals surface area contributed by atoms with Gasteiger partial charge in [0.2, 0.25) is 0 Å². The second-order valence-electron chi connectivity index (χ2n) is 4.08. The predicted octanol–water partition coefficient (Wildman–Crippen LogP) is 0.596. The molecule has 2 heterocycles. The van der Waals surface area contributed by atoms with Crippen LogP contribution in [0.1, 0.15) is 12.0 Å². The number of ether oxygens (including phenoxy) is 1. The van der Waals surface area contributed by atoms with Crippen LogP contribution in [0.3, 0.4) is 0 Å². The van der Waals surface area contributed by atoms with Crippen LogP contribution in [0.5, 0.6) is 0 Å². The van der Waals surface area contributed by atoms with E-state index in [1.165, 1.54) is 5.56 Å². The molecule has 1 fully saturated rings. The molecule has 0 spiro atoms. The van der Waals surface area contributed by atoms with Crippen LogP contribution >= 0.6 is 0 Å². The molecule has 1 aliphatic rings. The maximum absolute atomic E-state index is 9.27. The summed E-state index contributed by atoms with van der Waals surface area (Å²) in [6.07, 6.45) is 5.11. The van der Waals surface area contributed by atoms with Crippen LogP contribution in [0.2, 0.25) is 0 Å². The van der Waals surface area contributed by atoms with Gasteiger partial charge in [0.1, 0.15) is 0 Å². The van der Waals surface area contributed by atoms with Gasteiger partial charge in [-0.25, -0.2) is 0 Å². The van der Waals surface area contributed by atoms with Crippen LogP contribution in [0, 0.1) is 0 Å². The lowest BCUT2D eigenvalue weighted by atomic mass is 10.2. The lowest BCUT2D eigenvalue weighted by Gasteiger charge is -2.21. The summed E-state index contributed by atoms with van der Waals surface area (Å²) in [5.74, 6) is 0. The zero-order valence-electron chi connectivity index (χ0n) is 9.02. The summed E-state index contributed by atoms with van der Waals surface area (Å²) in [5.41, 5.74) is 1.25. The van der Waals surface area contributed by atoms with Crippen LogP contribution in [0.25, 0.3) is 0 Å². The van der Waals surface area contributed by atoms with Crippen molar-refractivity contribution in [2.75, 3.05) is 20.3 Å². The lowest BCUT2D eigenvalue weighted by Crippen LogP contribution is -2.31. The summed E-state index contributed by atoms with van der Waals surface area (Å²) < 4.78 is 5.33. The monoisotopic (exact) mass is 210 g/mol. The topological polar surface area (TPSA) is 48.5 Å². The van der Waals surface area contributed by atoms with Crippen LogP contribution in [0.4, 0.5) is 0 Å². The van der Waals surface area contributed by atoms with E-state index in [4.69, 9.17) is 4.74 Å². The Morgan fingerprint density at radius 3 is 3.13 bits per heavy atom. The Balaban J connectivity index is 1.96. The van der Waals surface area contributed by atoms with E-state index in [9.17, 15) is 5.11 Å². The van der Waals surface area contributed by atoms with E-state index in [1.807, 2.05) is 12.4 Å². The fourth-order valence-corrected chi connectivity index (χ4v) is 2.18. The number of aromatic amines is 1. The minimum Gasteiger partial charge on any atom is -0.395 e. The highest BCUT2D eigenvalue weighted by Crippen LogP contribution is 2.21. The summed E-state index contributed by atoms with van der Waals surface area (Å²) in [7, 11) is 1.74. The van der Waals surface area contributed by atoms with Gasteiger partial charge >= 0.3 is 0 Å². The molecule has 2 atom stereocenters. The Labute approximate surface area is 89.9 Å². The first-order valence-corrected chi connectivity index (χ1v) is 5.33. The molecule has 1 aromatic heterocycles. The number of rotatable bonds is 4. The molecule has 0 amide bonds. The number of nitrogens with one attached hydrogen (secondary N) is 1. The minimum atomic E-state index is 0.213. The molecule has 15 heavy (non-hydrogen) atoms. The fraction of sp³-hybridized carbons (Fsp3) is 0.636. The Morgan fingerprint density at radius 2 is 2.53 bits per heavy atom. The fourth-order valence-electron chi connectivity index (χ4n) is 2.18. The van der Waals surface area contributed by atoms with Gasteiger partial charge < -0.3 is 14.8 Å². The molecular formula is C11H18N2O2. The van der Waals surface area contributed by atoms with Gasteiger partial charge in [-0.15, -0.1) is 0 Å². The molecule has 0 unspecified atom stereocenters. The maximum Gasteiger partial charge on any atom is 0.0714 e. The van der Waals surface area contributed by atoms with Crippen LogP contribution in [-0.4, -0.2) is 47.4 Å². The summed E-state index contributed by atoms with van der Waals surface area (Å²) in [5, 5.41) is 9.27. The summed E-state index contributed by atoms with van der Waals surface area (Å²) in [6.45, 7) is 2.01. The number of hydrogen-bond acceptors (Lipinski definition) is 3. The third-order valence-corrected chi connectivity index (χ3v) is 3.08. The van der Waals surface area contributed by atoms with E-state index in [1.54, 1.807) is 7.11 Å². The van der Waals surface area contributed by atoms with Crippen molar-refractivity contribution >= 4 is 0 Å². The number of methoxy groups -OCH3 is 1. The van der Waals surface area contributed by atoms with Gasteiger partial charge in [0.15, 0.2) is 0 Å². The van der Waals surface area contributed by atoms with E-state index in [0.29, 0.717) is 0 Å². The van der Waals surface area contributed by atoms with Crippen LogP contribution in [-0.2, 0) is 11.3 Å².